The number of likely N-dealkylation sites (tertiary alicyclic amines) is 1. The molecule has 0 N–H and O–H groups in total. The van der Waals surface area contributed by atoms with Crippen molar-refractivity contribution in [3.05, 3.63) is 36.0 Å². The first-order chi connectivity index (χ1) is 11.2. The number of ether oxygens (including phenoxy) is 1. The lowest BCUT2D eigenvalue weighted by atomic mass is 9.78. The molecule has 1 spiro atoms. The van der Waals surface area contributed by atoms with Crippen molar-refractivity contribution in [3.8, 4) is 0 Å². The summed E-state index contributed by atoms with van der Waals surface area (Å²) >= 11 is 0. The summed E-state index contributed by atoms with van der Waals surface area (Å²) in [5, 5.41) is 1.42. The minimum Gasteiger partial charge on any atom is -0.380 e. The van der Waals surface area contributed by atoms with Crippen molar-refractivity contribution in [1.29, 1.82) is 0 Å². The molecular weight excluding hydrogens is 286 g/mol. The third-order valence-corrected chi connectivity index (χ3v) is 5.29. The van der Waals surface area contributed by atoms with Gasteiger partial charge < -0.3 is 19.1 Å². The molecule has 4 rings (SSSR count). The quantitative estimate of drug-likeness (QED) is 0.814. The maximum atomic E-state index is 5.36. The molecule has 2 fully saturated rings. The minimum absolute atomic E-state index is 0.523. The van der Waals surface area contributed by atoms with Gasteiger partial charge in [0.1, 0.15) is 0 Å². The Labute approximate surface area is 138 Å². The Balaban J connectivity index is 1.44. The van der Waals surface area contributed by atoms with Crippen LogP contribution in [0.1, 0.15) is 5.56 Å². The molecule has 0 atom stereocenters. The molecule has 2 saturated heterocycles. The highest BCUT2D eigenvalue weighted by Gasteiger charge is 2.48. The van der Waals surface area contributed by atoms with Gasteiger partial charge in [-0.2, -0.15) is 0 Å². The highest BCUT2D eigenvalue weighted by atomic mass is 16.5. The number of hydrogen-bond acceptors (Lipinski definition) is 3. The monoisotopic (exact) mass is 313 g/mol. The Morgan fingerprint density at radius 3 is 2.61 bits per heavy atom. The van der Waals surface area contributed by atoms with E-state index in [4.69, 9.17) is 4.74 Å². The molecule has 23 heavy (non-hydrogen) atoms. The largest absolute Gasteiger partial charge is 0.380 e. The van der Waals surface area contributed by atoms with E-state index in [2.05, 4.69) is 58.9 Å². The summed E-state index contributed by atoms with van der Waals surface area (Å²) in [6.45, 7) is 7.73. The number of benzene rings is 1. The highest BCUT2D eigenvalue weighted by Crippen LogP contribution is 2.37. The fourth-order valence-corrected chi connectivity index (χ4v) is 3.93. The Hall–Kier alpha value is -1.36. The summed E-state index contributed by atoms with van der Waals surface area (Å²) in [6, 6.07) is 8.83. The molecule has 0 radical (unpaired) electrons. The van der Waals surface area contributed by atoms with Crippen LogP contribution >= 0.6 is 0 Å². The number of fused-ring (bicyclic) bond motifs is 1. The molecular formula is C19H27N3O. The molecule has 1 aromatic carbocycles. The number of likely N-dealkylation sites (N-methyl/N-ethyl adjacent to an activating group) is 1. The molecule has 2 aromatic rings. The smallest absolute Gasteiger partial charge is 0.0569 e. The maximum absolute atomic E-state index is 5.36. The van der Waals surface area contributed by atoms with Crippen LogP contribution in [0.2, 0.25) is 0 Å². The summed E-state index contributed by atoms with van der Waals surface area (Å²) < 4.78 is 7.81. The predicted octanol–water partition coefficient (Wildman–Crippen LogP) is 2.08. The molecule has 4 heteroatoms. The van der Waals surface area contributed by atoms with Crippen LogP contribution in [0.5, 0.6) is 0 Å². The first-order valence-electron chi connectivity index (χ1n) is 8.67. The second kappa shape index (κ2) is 5.93. The predicted molar refractivity (Wildman–Crippen MR) is 93.9 cm³/mol. The number of hydrogen-bond donors (Lipinski definition) is 0. The van der Waals surface area contributed by atoms with Gasteiger partial charge in [0.2, 0.25) is 0 Å². The summed E-state index contributed by atoms with van der Waals surface area (Å²) in [7, 11) is 4.28. The zero-order chi connectivity index (χ0) is 15.9. The molecule has 0 aliphatic carbocycles. The van der Waals surface area contributed by atoms with E-state index < -0.39 is 0 Å². The van der Waals surface area contributed by atoms with E-state index in [1.165, 1.54) is 29.6 Å². The highest BCUT2D eigenvalue weighted by molar-refractivity contribution is 5.84. The molecule has 0 amide bonds. The summed E-state index contributed by atoms with van der Waals surface area (Å²) in [4.78, 5) is 4.82. The third kappa shape index (κ3) is 2.91. The molecule has 124 valence electrons. The first kappa shape index (κ1) is 15.2. The van der Waals surface area contributed by atoms with Gasteiger partial charge >= 0.3 is 0 Å². The van der Waals surface area contributed by atoms with Gasteiger partial charge in [0.15, 0.2) is 0 Å². The second-order valence-electron chi connectivity index (χ2n) is 7.62. The first-order valence-corrected chi connectivity index (χ1v) is 8.67. The third-order valence-electron chi connectivity index (χ3n) is 5.29. The normalized spacial score (nSPS) is 20.1. The van der Waals surface area contributed by atoms with E-state index in [-0.39, 0.29) is 0 Å². The lowest BCUT2D eigenvalue weighted by Gasteiger charge is -2.55. The van der Waals surface area contributed by atoms with E-state index in [9.17, 15) is 0 Å². The van der Waals surface area contributed by atoms with Crippen molar-refractivity contribution >= 4 is 10.9 Å². The maximum Gasteiger partial charge on any atom is 0.0569 e. The number of nitrogens with zero attached hydrogens (tertiary/aromatic N) is 3. The summed E-state index contributed by atoms with van der Waals surface area (Å²) in [5.41, 5.74) is 3.38. The fraction of sp³-hybridized carbons (Fsp3) is 0.579. The lowest BCUT2D eigenvalue weighted by Crippen LogP contribution is -2.66. The van der Waals surface area contributed by atoms with Crippen LogP contribution in [-0.2, 0) is 17.7 Å². The van der Waals surface area contributed by atoms with Crippen LogP contribution in [0.3, 0.4) is 0 Å². The molecule has 4 nitrogen and oxygen atoms in total. The van der Waals surface area contributed by atoms with E-state index in [0.717, 1.165) is 39.3 Å². The SMILES string of the molecule is CN(C)CCc1cn(CCN2CC3(COC3)C2)c2ccccc12. The Bertz CT molecular complexity index is 679. The van der Waals surface area contributed by atoms with Crippen molar-refractivity contribution in [2.24, 2.45) is 5.41 Å². The summed E-state index contributed by atoms with van der Waals surface area (Å²) in [6.07, 6.45) is 3.49. The van der Waals surface area contributed by atoms with E-state index in [0.29, 0.717) is 5.41 Å². The van der Waals surface area contributed by atoms with Crippen LogP contribution in [0, 0.1) is 5.41 Å². The van der Waals surface area contributed by atoms with E-state index >= 15 is 0 Å². The average molecular weight is 313 g/mol. The Morgan fingerprint density at radius 2 is 1.91 bits per heavy atom. The zero-order valence-corrected chi connectivity index (χ0v) is 14.3. The van der Waals surface area contributed by atoms with Crippen molar-refractivity contribution in [2.45, 2.75) is 13.0 Å². The number of rotatable bonds is 6. The van der Waals surface area contributed by atoms with Gasteiger partial charge in [-0.25, -0.2) is 0 Å². The minimum atomic E-state index is 0.523. The van der Waals surface area contributed by atoms with Crippen molar-refractivity contribution < 1.29 is 4.74 Å². The molecule has 0 saturated carbocycles. The topological polar surface area (TPSA) is 20.6 Å². The van der Waals surface area contributed by atoms with Crippen molar-refractivity contribution in [1.82, 2.24) is 14.4 Å². The molecule has 2 aliphatic heterocycles. The van der Waals surface area contributed by atoms with E-state index in [1.807, 2.05) is 0 Å². The molecule has 1 aromatic heterocycles. The molecule has 3 heterocycles. The van der Waals surface area contributed by atoms with Crippen LogP contribution in [-0.4, -0.2) is 67.9 Å². The molecule has 0 unspecified atom stereocenters. The number of aromatic nitrogens is 1. The standard InChI is InChI=1S/C19H27N3O/c1-20(2)8-7-16-11-22(18-6-4-3-5-17(16)18)10-9-21-12-19(13-21)14-23-15-19/h3-6,11H,7-10,12-15H2,1-2H3. The van der Waals surface area contributed by atoms with E-state index in [1.54, 1.807) is 0 Å². The fourth-order valence-electron chi connectivity index (χ4n) is 3.93. The second-order valence-corrected chi connectivity index (χ2v) is 7.62. The van der Waals surface area contributed by atoms with Gasteiger partial charge in [0, 0.05) is 55.2 Å². The Morgan fingerprint density at radius 1 is 1.13 bits per heavy atom. The lowest BCUT2D eigenvalue weighted by molar-refractivity contribution is -0.189. The van der Waals surface area contributed by atoms with Gasteiger partial charge in [-0.1, -0.05) is 18.2 Å². The molecule has 0 bridgehead atoms. The van der Waals surface area contributed by atoms with Gasteiger partial charge in [-0.05, 0) is 32.1 Å². The van der Waals surface area contributed by atoms with Gasteiger partial charge in [-0.15, -0.1) is 0 Å². The number of para-hydroxylation sites is 1. The van der Waals surface area contributed by atoms with Crippen LogP contribution in [0.25, 0.3) is 10.9 Å². The molecule has 2 aliphatic rings. The van der Waals surface area contributed by atoms with Crippen LogP contribution < -0.4 is 0 Å². The van der Waals surface area contributed by atoms with Gasteiger partial charge in [0.25, 0.3) is 0 Å². The summed E-state index contributed by atoms with van der Waals surface area (Å²) in [5.74, 6) is 0. The van der Waals surface area contributed by atoms with Gasteiger partial charge in [-0.3, -0.25) is 0 Å². The van der Waals surface area contributed by atoms with Gasteiger partial charge in [0.05, 0.1) is 13.2 Å². The average Bonchev–Trinajstić information content (AvgIpc) is 2.80. The zero-order valence-electron chi connectivity index (χ0n) is 14.3. The van der Waals surface area contributed by atoms with Crippen LogP contribution in [0.4, 0.5) is 0 Å². The van der Waals surface area contributed by atoms with Crippen LogP contribution in [0.15, 0.2) is 30.5 Å². The Kier molecular flexibility index (Phi) is 3.92. The van der Waals surface area contributed by atoms with Crippen molar-refractivity contribution in [3.63, 3.8) is 0 Å². The van der Waals surface area contributed by atoms with Crippen molar-refractivity contribution in [2.75, 3.05) is 53.5 Å².